The van der Waals surface area contributed by atoms with Crippen LogP contribution >= 0.6 is 0 Å². The van der Waals surface area contributed by atoms with Gasteiger partial charge in [-0.2, -0.15) is 0 Å². The number of carbonyl (C=O) groups excluding carboxylic acids is 1. The molecule has 0 aliphatic carbocycles. The monoisotopic (exact) mass is 426 g/mol. The van der Waals surface area contributed by atoms with Crippen molar-refractivity contribution < 1.29 is 22.7 Å². The summed E-state index contributed by atoms with van der Waals surface area (Å²) in [6.45, 7) is 0.207. The highest BCUT2D eigenvalue weighted by Crippen LogP contribution is 2.32. The number of sulfonamides is 1. The van der Waals surface area contributed by atoms with Crippen LogP contribution in [0.15, 0.2) is 65.8 Å². The molecule has 1 aliphatic heterocycles. The molecule has 154 valence electrons. The first-order valence-electron chi connectivity index (χ1n) is 9.08. The molecule has 2 N–H and O–H groups in total. The van der Waals surface area contributed by atoms with Gasteiger partial charge in [-0.05, 0) is 54.4 Å². The second-order valence-corrected chi connectivity index (χ2v) is 8.12. The van der Waals surface area contributed by atoms with Gasteiger partial charge in [0.05, 0.1) is 4.90 Å². The molecule has 1 amide bonds. The van der Waals surface area contributed by atoms with E-state index in [1.807, 2.05) is 18.2 Å². The van der Waals surface area contributed by atoms with E-state index < -0.39 is 10.0 Å². The lowest BCUT2D eigenvalue weighted by molar-refractivity contribution is -0.116. The largest absolute Gasteiger partial charge is 0.454 e. The highest BCUT2D eigenvalue weighted by molar-refractivity contribution is 7.92. The first-order chi connectivity index (χ1) is 14.5. The van der Waals surface area contributed by atoms with Gasteiger partial charge in [0.25, 0.3) is 10.0 Å². The zero-order valence-corrected chi connectivity index (χ0v) is 16.6. The van der Waals surface area contributed by atoms with Gasteiger partial charge in [-0.25, -0.2) is 23.1 Å². The molecule has 1 aliphatic rings. The highest BCUT2D eigenvalue weighted by Gasteiger charge is 2.16. The molecule has 0 radical (unpaired) electrons. The number of nitrogens with one attached hydrogen (secondary N) is 2. The van der Waals surface area contributed by atoms with Crippen molar-refractivity contribution >= 4 is 27.6 Å². The van der Waals surface area contributed by atoms with Crippen LogP contribution in [-0.4, -0.2) is 31.1 Å². The Hall–Kier alpha value is -3.66. The molecule has 0 unspecified atom stereocenters. The molecule has 0 spiro atoms. The van der Waals surface area contributed by atoms with Gasteiger partial charge in [0.15, 0.2) is 11.5 Å². The maximum atomic E-state index is 12.4. The van der Waals surface area contributed by atoms with Gasteiger partial charge in [-0.1, -0.05) is 6.07 Å². The van der Waals surface area contributed by atoms with Crippen molar-refractivity contribution in [2.45, 2.75) is 17.7 Å². The number of amides is 1. The van der Waals surface area contributed by atoms with E-state index in [1.54, 1.807) is 6.07 Å². The van der Waals surface area contributed by atoms with Gasteiger partial charge in [0.2, 0.25) is 18.6 Å². The first-order valence-corrected chi connectivity index (χ1v) is 10.6. The van der Waals surface area contributed by atoms with Gasteiger partial charge in [-0.3, -0.25) is 4.79 Å². The van der Waals surface area contributed by atoms with Gasteiger partial charge >= 0.3 is 0 Å². The number of aromatic nitrogens is 2. The molecule has 0 atom stereocenters. The molecular weight excluding hydrogens is 408 g/mol. The standard InChI is InChI=1S/C20H18N4O5S/c25-19(9-3-14-2-8-17-18(12-14)29-13-28-17)23-15-4-6-16(7-5-15)30(26,27)24-20-21-10-1-11-22-20/h1-2,4-8,10-12H,3,9,13H2,(H,23,25)(H,21,22,24). The van der Waals surface area contributed by atoms with Crippen LogP contribution in [0.25, 0.3) is 0 Å². The first kappa shape index (κ1) is 19.6. The Labute approximate surface area is 173 Å². The number of rotatable bonds is 7. The topological polar surface area (TPSA) is 120 Å². The van der Waals surface area contributed by atoms with E-state index in [1.165, 1.54) is 36.7 Å². The van der Waals surface area contributed by atoms with Crippen molar-refractivity contribution in [1.82, 2.24) is 9.97 Å². The molecule has 0 saturated heterocycles. The molecule has 2 heterocycles. The van der Waals surface area contributed by atoms with Crippen molar-refractivity contribution in [3.63, 3.8) is 0 Å². The average Bonchev–Trinajstić information content (AvgIpc) is 3.21. The quantitative estimate of drug-likeness (QED) is 0.596. The van der Waals surface area contributed by atoms with Gasteiger partial charge in [0.1, 0.15) is 0 Å². The third kappa shape index (κ3) is 4.66. The maximum Gasteiger partial charge on any atom is 0.264 e. The van der Waals surface area contributed by atoms with Crippen molar-refractivity contribution in [2.24, 2.45) is 0 Å². The van der Waals surface area contributed by atoms with E-state index in [0.717, 1.165) is 5.56 Å². The van der Waals surface area contributed by atoms with Crippen LogP contribution in [0, 0.1) is 0 Å². The Balaban J connectivity index is 1.33. The SMILES string of the molecule is O=C(CCc1ccc2c(c1)OCO2)Nc1ccc(S(=O)(=O)Nc2ncccn2)cc1. The summed E-state index contributed by atoms with van der Waals surface area (Å²) in [7, 11) is -3.82. The van der Waals surface area contributed by atoms with Crippen LogP contribution in [0.5, 0.6) is 11.5 Å². The smallest absolute Gasteiger partial charge is 0.264 e. The van der Waals surface area contributed by atoms with E-state index in [4.69, 9.17) is 9.47 Å². The molecule has 30 heavy (non-hydrogen) atoms. The Morgan fingerprint density at radius 2 is 1.73 bits per heavy atom. The summed E-state index contributed by atoms with van der Waals surface area (Å²) in [5, 5.41) is 2.76. The van der Waals surface area contributed by atoms with Crippen molar-refractivity contribution in [1.29, 1.82) is 0 Å². The predicted octanol–water partition coefficient (Wildman–Crippen LogP) is 2.58. The lowest BCUT2D eigenvalue weighted by atomic mass is 10.1. The van der Waals surface area contributed by atoms with Crippen molar-refractivity contribution in [2.75, 3.05) is 16.8 Å². The molecule has 0 saturated carbocycles. The molecule has 9 nitrogen and oxygen atoms in total. The summed E-state index contributed by atoms with van der Waals surface area (Å²) < 4.78 is 37.7. The number of anilines is 2. The van der Waals surface area contributed by atoms with Crippen LogP contribution in [0.1, 0.15) is 12.0 Å². The molecule has 3 aromatic rings. The molecule has 2 aromatic carbocycles. The van der Waals surface area contributed by atoms with Crippen LogP contribution < -0.4 is 19.5 Å². The average molecular weight is 426 g/mol. The maximum absolute atomic E-state index is 12.4. The number of benzene rings is 2. The summed E-state index contributed by atoms with van der Waals surface area (Å²) in [6, 6.07) is 13.0. The van der Waals surface area contributed by atoms with Gasteiger partial charge < -0.3 is 14.8 Å². The molecule has 10 heteroatoms. The van der Waals surface area contributed by atoms with Crippen LogP contribution in [0.4, 0.5) is 11.6 Å². The summed E-state index contributed by atoms with van der Waals surface area (Å²) >= 11 is 0. The van der Waals surface area contributed by atoms with Crippen LogP contribution in [0.2, 0.25) is 0 Å². The normalized spacial score (nSPS) is 12.4. The lowest BCUT2D eigenvalue weighted by Gasteiger charge is -2.09. The number of fused-ring (bicyclic) bond motifs is 1. The summed E-state index contributed by atoms with van der Waals surface area (Å²) in [6.07, 6.45) is 3.68. The summed E-state index contributed by atoms with van der Waals surface area (Å²) in [5.74, 6) is 1.18. The number of carbonyl (C=O) groups is 1. The zero-order chi connectivity index (χ0) is 21.0. The van der Waals surface area contributed by atoms with Crippen LogP contribution in [-0.2, 0) is 21.2 Å². The fourth-order valence-corrected chi connectivity index (χ4v) is 3.78. The third-order valence-corrected chi connectivity index (χ3v) is 5.66. The minimum Gasteiger partial charge on any atom is -0.454 e. The summed E-state index contributed by atoms with van der Waals surface area (Å²) in [5.41, 5.74) is 1.46. The molecule has 0 bridgehead atoms. The van der Waals surface area contributed by atoms with Gasteiger partial charge in [-0.15, -0.1) is 0 Å². The van der Waals surface area contributed by atoms with E-state index in [9.17, 15) is 13.2 Å². The number of hydrogen-bond acceptors (Lipinski definition) is 7. The fraction of sp³-hybridized carbons (Fsp3) is 0.150. The third-order valence-electron chi connectivity index (χ3n) is 4.32. The molecule has 0 fully saturated rings. The fourth-order valence-electron chi connectivity index (χ4n) is 2.83. The number of hydrogen-bond donors (Lipinski definition) is 2. The Morgan fingerprint density at radius 1 is 1.00 bits per heavy atom. The number of aryl methyl sites for hydroxylation is 1. The van der Waals surface area contributed by atoms with E-state index >= 15 is 0 Å². The number of nitrogens with zero attached hydrogens (tertiary/aromatic N) is 2. The predicted molar refractivity (Wildman–Crippen MR) is 109 cm³/mol. The zero-order valence-electron chi connectivity index (χ0n) is 15.7. The molecular formula is C20H18N4O5S. The molecule has 1 aromatic heterocycles. The summed E-state index contributed by atoms with van der Waals surface area (Å²) in [4.78, 5) is 19.9. The second-order valence-electron chi connectivity index (χ2n) is 6.44. The lowest BCUT2D eigenvalue weighted by Crippen LogP contribution is -2.15. The Bertz CT molecular complexity index is 1150. The van der Waals surface area contributed by atoms with E-state index in [-0.39, 0.29) is 30.0 Å². The minimum absolute atomic E-state index is 0.0154. The number of ether oxygens (including phenoxy) is 2. The minimum atomic E-state index is -3.82. The second kappa shape index (κ2) is 8.37. The van der Waals surface area contributed by atoms with Gasteiger partial charge in [0, 0.05) is 24.5 Å². The van der Waals surface area contributed by atoms with Crippen molar-refractivity contribution in [3.8, 4) is 11.5 Å². The Morgan fingerprint density at radius 3 is 2.50 bits per heavy atom. The van der Waals surface area contributed by atoms with E-state index in [2.05, 4.69) is 20.0 Å². The highest BCUT2D eigenvalue weighted by atomic mass is 32.2. The Kier molecular flexibility index (Phi) is 5.48. The van der Waals surface area contributed by atoms with E-state index in [0.29, 0.717) is 23.6 Å². The molecule has 4 rings (SSSR count). The van der Waals surface area contributed by atoms with Crippen molar-refractivity contribution in [3.05, 3.63) is 66.5 Å². The van der Waals surface area contributed by atoms with Crippen LogP contribution in [0.3, 0.4) is 0 Å².